The second kappa shape index (κ2) is 6.80. The van der Waals surface area contributed by atoms with Gasteiger partial charge in [-0.1, -0.05) is 23.2 Å². The summed E-state index contributed by atoms with van der Waals surface area (Å²) in [5, 5.41) is 0.538. The van der Waals surface area contributed by atoms with Crippen molar-refractivity contribution in [1.29, 1.82) is 0 Å². The third-order valence-electron chi connectivity index (χ3n) is 3.04. The lowest BCUT2D eigenvalue weighted by atomic mass is 10.2. The van der Waals surface area contributed by atoms with Crippen LogP contribution >= 0.6 is 23.2 Å². The molecule has 0 atom stereocenters. The summed E-state index contributed by atoms with van der Waals surface area (Å²) in [4.78, 5) is 17.4. The van der Waals surface area contributed by atoms with Gasteiger partial charge in [-0.05, 0) is 18.2 Å². The zero-order valence-corrected chi connectivity index (χ0v) is 13.5. The van der Waals surface area contributed by atoms with Crippen molar-refractivity contribution in [2.45, 2.75) is 19.3 Å². The average Bonchev–Trinajstić information content (AvgIpc) is 2.86. The number of aromatic nitrogens is 2. The predicted octanol–water partition coefficient (Wildman–Crippen LogP) is 4.02. The molecule has 0 aliphatic heterocycles. The van der Waals surface area contributed by atoms with Gasteiger partial charge < -0.3 is 9.47 Å². The lowest BCUT2D eigenvalue weighted by Gasteiger charge is -2.18. The first-order chi connectivity index (χ1) is 10.7. The standard InChI is InChI=1S/C14H12Cl2F3N3O/c1-21(13(23)9-2-3-10(15)11(16)6-9)7-12-20-4-5-22(12)8-14(17,18)19/h2-6H,7-8H2,1H3. The number of hydrogen-bond acceptors (Lipinski definition) is 2. The van der Waals surface area contributed by atoms with Gasteiger partial charge in [0.1, 0.15) is 12.4 Å². The van der Waals surface area contributed by atoms with Gasteiger partial charge >= 0.3 is 6.18 Å². The Labute approximate surface area is 140 Å². The Bertz CT molecular complexity index is 716. The number of amides is 1. The molecule has 1 aromatic heterocycles. The molecule has 23 heavy (non-hydrogen) atoms. The van der Waals surface area contributed by atoms with Crippen molar-refractivity contribution in [3.63, 3.8) is 0 Å². The maximum absolute atomic E-state index is 12.5. The maximum Gasteiger partial charge on any atom is 0.406 e. The van der Waals surface area contributed by atoms with Crippen LogP contribution in [0.3, 0.4) is 0 Å². The molecule has 2 aromatic rings. The highest BCUT2D eigenvalue weighted by atomic mass is 35.5. The summed E-state index contributed by atoms with van der Waals surface area (Å²) >= 11 is 11.6. The van der Waals surface area contributed by atoms with Gasteiger partial charge in [0.2, 0.25) is 0 Å². The van der Waals surface area contributed by atoms with Crippen LogP contribution in [-0.4, -0.2) is 33.6 Å². The molecule has 0 saturated carbocycles. The lowest BCUT2D eigenvalue weighted by molar-refractivity contribution is -0.141. The number of rotatable bonds is 4. The molecule has 124 valence electrons. The number of carbonyl (C=O) groups is 1. The highest BCUT2D eigenvalue weighted by Gasteiger charge is 2.29. The molecule has 9 heteroatoms. The smallest absolute Gasteiger partial charge is 0.334 e. The van der Waals surface area contributed by atoms with Crippen molar-refractivity contribution in [2.24, 2.45) is 0 Å². The topological polar surface area (TPSA) is 38.1 Å². The van der Waals surface area contributed by atoms with Crippen LogP contribution < -0.4 is 0 Å². The monoisotopic (exact) mass is 365 g/mol. The minimum Gasteiger partial charge on any atom is -0.334 e. The lowest BCUT2D eigenvalue weighted by Crippen LogP contribution is -2.29. The first kappa shape index (κ1) is 17.6. The number of hydrogen-bond donors (Lipinski definition) is 0. The van der Waals surface area contributed by atoms with Gasteiger partial charge in [0.15, 0.2) is 0 Å². The van der Waals surface area contributed by atoms with Crippen molar-refractivity contribution in [3.05, 3.63) is 52.0 Å². The van der Waals surface area contributed by atoms with Gasteiger partial charge in [-0.3, -0.25) is 4.79 Å². The van der Waals surface area contributed by atoms with Gasteiger partial charge in [0, 0.05) is 25.0 Å². The molecular weight excluding hydrogens is 354 g/mol. The van der Waals surface area contributed by atoms with E-state index in [0.717, 1.165) is 4.57 Å². The molecule has 1 heterocycles. The quantitative estimate of drug-likeness (QED) is 0.820. The molecule has 0 radical (unpaired) electrons. The van der Waals surface area contributed by atoms with E-state index in [9.17, 15) is 18.0 Å². The van der Waals surface area contributed by atoms with E-state index in [-0.39, 0.29) is 23.0 Å². The third-order valence-corrected chi connectivity index (χ3v) is 3.78. The van der Waals surface area contributed by atoms with E-state index in [4.69, 9.17) is 23.2 Å². The Morgan fingerprint density at radius 2 is 2.00 bits per heavy atom. The van der Waals surface area contributed by atoms with Gasteiger partial charge in [-0.2, -0.15) is 13.2 Å². The molecule has 0 saturated heterocycles. The van der Waals surface area contributed by atoms with Crippen LogP contribution in [0.2, 0.25) is 10.0 Å². The van der Waals surface area contributed by atoms with Crippen molar-refractivity contribution in [2.75, 3.05) is 7.05 Å². The van der Waals surface area contributed by atoms with Crippen LogP contribution in [0, 0.1) is 0 Å². The van der Waals surface area contributed by atoms with Crippen LogP contribution in [0.1, 0.15) is 16.2 Å². The highest BCUT2D eigenvalue weighted by Crippen LogP contribution is 2.23. The number of benzene rings is 1. The summed E-state index contributed by atoms with van der Waals surface area (Å²) in [6.07, 6.45) is -1.87. The fraction of sp³-hybridized carbons (Fsp3) is 0.286. The van der Waals surface area contributed by atoms with Gasteiger partial charge in [-0.15, -0.1) is 0 Å². The summed E-state index contributed by atoms with van der Waals surface area (Å²) in [7, 11) is 1.47. The van der Waals surface area contributed by atoms with Gasteiger partial charge in [0.05, 0.1) is 16.6 Å². The minimum absolute atomic E-state index is 0.0673. The molecule has 0 spiro atoms. The molecule has 0 fully saturated rings. The second-order valence-corrected chi connectivity index (χ2v) is 5.69. The first-order valence-electron chi connectivity index (χ1n) is 6.44. The molecular formula is C14H12Cl2F3N3O. The SMILES string of the molecule is CN(Cc1nccn1CC(F)(F)F)C(=O)c1ccc(Cl)c(Cl)c1. The molecule has 0 unspecified atom stereocenters. The first-order valence-corrected chi connectivity index (χ1v) is 7.20. The molecule has 0 N–H and O–H groups in total. The van der Waals surface area contributed by atoms with E-state index in [1.165, 1.54) is 42.5 Å². The van der Waals surface area contributed by atoms with E-state index in [0.29, 0.717) is 5.02 Å². The van der Waals surface area contributed by atoms with Crippen molar-refractivity contribution >= 4 is 29.1 Å². The molecule has 2 rings (SSSR count). The summed E-state index contributed by atoms with van der Waals surface area (Å²) in [5.74, 6) is -0.261. The van der Waals surface area contributed by atoms with Crippen LogP contribution in [-0.2, 0) is 13.1 Å². The predicted molar refractivity (Wildman–Crippen MR) is 80.5 cm³/mol. The summed E-state index contributed by atoms with van der Waals surface area (Å²) in [6.45, 7) is -1.22. The number of imidazole rings is 1. The molecule has 0 aliphatic carbocycles. The summed E-state index contributed by atoms with van der Waals surface area (Å²) in [5.41, 5.74) is 0.288. The van der Waals surface area contributed by atoms with Crippen molar-refractivity contribution < 1.29 is 18.0 Å². The van der Waals surface area contributed by atoms with Crippen LogP contribution in [0.25, 0.3) is 0 Å². The molecule has 0 aliphatic rings. The van der Waals surface area contributed by atoms with Crippen LogP contribution in [0.15, 0.2) is 30.6 Å². The maximum atomic E-state index is 12.5. The van der Waals surface area contributed by atoms with Crippen LogP contribution in [0.4, 0.5) is 13.2 Å². The van der Waals surface area contributed by atoms with E-state index >= 15 is 0 Å². The Balaban J connectivity index is 2.13. The van der Waals surface area contributed by atoms with Crippen LogP contribution in [0.5, 0.6) is 0 Å². The number of alkyl halides is 3. The fourth-order valence-electron chi connectivity index (χ4n) is 1.96. The highest BCUT2D eigenvalue weighted by molar-refractivity contribution is 6.42. The second-order valence-electron chi connectivity index (χ2n) is 4.88. The van der Waals surface area contributed by atoms with E-state index < -0.39 is 18.6 Å². The van der Waals surface area contributed by atoms with Gasteiger partial charge in [0.25, 0.3) is 5.91 Å². The minimum atomic E-state index is -4.36. The normalized spacial score (nSPS) is 11.6. The third kappa shape index (κ3) is 4.62. The number of carbonyl (C=O) groups excluding carboxylic acids is 1. The van der Waals surface area contributed by atoms with Crippen molar-refractivity contribution in [3.8, 4) is 0 Å². The Morgan fingerprint density at radius 3 is 2.61 bits per heavy atom. The molecule has 0 bridgehead atoms. The van der Waals surface area contributed by atoms with E-state index in [1.807, 2.05) is 0 Å². The molecule has 4 nitrogen and oxygen atoms in total. The van der Waals surface area contributed by atoms with Crippen molar-refractivity contribution in [1.82, 2.24) is 14.5 Å². The number of nitrogens with zero attached hydrogens (tertiary/aromatic N) is 3. The summed E-state index contributed by atoms with van der Waals surface area (Å²) in [6, 6.07) is 4.38. The largest absolute Gasteiger partial charge is 0.406 e. The fourth-order valence-corrected chi connectivity index (χ4v) is 2.26. The Hall–Kier alpha value is -1.73. The Morgan fingerprint density at radius 1 is 1.30 bits per heavy atom. The number of halogens is 5. The summed E-state index contributed by atoms with van der Waals surface area (Å²) < 4.78 is 38.4. The molecule has 1 amide bonds. The molecule has 1 aromatic carbocycles. The van der Waals surface area contributed by atoms with E-state index in [1.54, 1.807) is 0 Å². The Kier molecular flexibility index (Phi) is 5.21. The van der Waals surface area contributed by atoms with E-state index in [2.05, 4.69) is 4.98 Å². The average molecular weight is 366 g/mol. The zero-order chi connectivity index (χ0) is 17.2. The van der Waals surface area contributed by atoms with Gasteiger partial charge in [-0.25, -0.2) is 4.98 Å². The zero-order valence-electron chi connectivity index (χ0n) is 11.9.